The monoisotopic (exact) mass is 365 g/mol. The van der Waals surface area contributed by atoms with Crippen LogP contribution >= 0.6 is 0 Å². The first-order chi connectivity index (χ1) is 10.9. The fourth-order valence-electron chi connectivity index (χ4n) is 2.72. The van der Waals surface area contributed by atoms with Crippen LogP contribution in [0.1, 0.15) is 68.2 Å². The zero-order valence-electron chi connectivity index (χ0n) is 16.5. The molecule has 0 aliphatic rings. The third-order valence-corrected chi connectivity index (χ3v) is 10.1. The smallest absolute Gasteiger partial charge is 0.341 e. The van der Waals surface area contributed by atoms with Crippen molar-refractivity contribution < 1.29 is 17.7 Å². The van der Waals surface area contributed by atoms with E-state index in [-0.39, 0.29) is 10.3 Å². The van der Waals surface area contributed by atoms with Crippen LogP contribution in [0.15, 0.2) is 0 Å². The molecule has 140 valence electrons. The van der Waals surface area contributed by atoms with Gasteiger partial charge in [0.25, 0.3) is 0 Å². The molecule has 2 unspecified atom stereocenters. The number of hydrogen-bond acceptors (Lipinski definition) is 5. The second kappa shape index (κ2) is 11.7. The van der Waals surface area contributed by atoms with Crippen LogP contribution in [-0.2, 0) is 17.7 Å². The molecule has 0 saturated heterocycles. The van der Waals surface area contributed by atoms with Crippen molar-refractivity contribution in [1.82, 2.24) is 5.32 Å². The largest absolute Gasteiger partial charge is 0.396 e. The van der Waals surface area contributed by atoms with Crippen molar-refractivity contribution >= 4 is 18.6 Å². The second-order valence-corrected chi connectivity index (χ2v) is 11.4. The van der Waals surface area contributed by atoms with Gasteiger partial charge in [0, 0.05) is 26.4 Å². The summed E-state index contributed by atoms with van der Waals surface area (Å²) < 4.78 is 24.1. The van der Waals surface area contributed by atoms with E-state index in [1.165, 1.54) is 0 Å². The predicted octanol–water partition coefficient (Wildman–Crippen LogP) is 2.58. The summed E-state index contributed by atoms with van der Waals surface area (Å²) in [5.41, 5.74) is 0. The van der Waals surface area contributed by atoms with E-state index >= 15 is 0 Å². The molecule has 0 aliphatic heterocycles. The molecule has 0 aromatic carbocycles. The normalized spacial score (nSPS) is 17.5. The molecule has 2 atom stereocenters. The highest BCUT2D eigenvalue weighted by Gasteiger charge is 2.46. The quantitative estimate of drug-likeness (QED) is 0.480. The molecule has 0 amide bonds. The maximum atomic E-state index is 6.02. The topological polar surface area (TPSA) is 49.0 Å². The van der Waals surface area contributed by atoms with Crippen molar-refractivity contribution in [3.8, 4) is 0 Å². The molecule has 0 fully saturated rings. The van der Waals surface area contributed by atoms with Gasteiger partial charge in [-0.1, -0.05) is 13.8 Å². The molecule has 0 radical (unpaired) electrons. The average Bonchev–Trinajstić information content (AvgIpc) is 2.54. The molecular formula is C16H39NO4Si2. The molecular weight excluding hydrogens is 326 g/mol. The van der Waals surface area contributed by atoms with Crippen molar-refractivity contribution in [2.24, 2.45) is 0 Å². The third-order valence-electron chi connectivity index (χ3n) is 4.35. The van der Waals surface area contributed by atoms with Crippen LogP contribution in [-0.4, -0.2) is 55.3 Å². The first kappa shape index (κ1) is 23.2. The highest BCUT2D eigenvalue weighted by molar-refractivity contribution is 6.51. The SMILES string of the molecule is CCO[SiH](OCC)C(C)(CC)NC(C)(CC)[SiH](OCC)OCC. The fourth-order valence-corrected chi connectivity index (χ4v) is 7.32. The van der Waals surface area contributed by atoms with Crippen LogP contribution in [0.4, 0.5) is 0 Å². The Balaban J connectivity index is 5.39. The number of hydrogen-bond donors (Lipinski definition) is 1. The van der Waals surface area contributed by atoms with E-state index in [4.69, 9.17) is 17.7 Å². The Morgan fingerprint density at radius 2 is 0.870 bits per heavy atom. The summed E-state index contributed by atoms with van der Waals surface area (Å²) in [6.45, 7) is 19.7. The van der Waals surface area contributed by atoms with Gasteiger partial charge in [0.1, 0.15) is 0 Å². The van der Waals surface area contributed by atoms with Gasteiger partial charge in [0.05, 0.1) is 10.3 Å². The van der Waals surface area contributed by atoms with Crippen LogP contribution in [0, 0.1) is 0 Å². The molecule has 7 heteroatoms. The van der Waals surface area contributed by atoms with Crippen LogP contribution in [0.5, 0.6) is 0 Å². The summed E-state index contributed by atoms with van der Waals surface area (Å²) in [4.78, 5) is 0. The second-order valence-electron chi connectivity index (χ2n) is 6.15. The van der Waals surface area contributed by atoms with E-state index in [9.17, 15) is 0 Å². The molecule has 23 heavy (non-hydrogen) atoms. The molecule has 1 N–H and O–H groups in total. The van der Waals surface area contributed by atoms with Crippen LogP contribution in [0.2, 0.25) is 0 Å². The van der Waals surface area contributed by atoms with E-state index in [0.717, 1.165) is 12.8 Å². The lowest BCUT2D eigenvalue weighted by molar-refractivity contribution is 0.143. The zero-order chi connectivity index (χ0) is 17.9. The average molecular weight is 366 g/mol. The lowest BCUT2D eigenvalue weighted by Gasteiger charge is -2.45. The van der Waals surface area contributed by atoms with Crippen molar-refractivity contribution in [2.45, 2.75) is 78.6 Å². The minimum atomic E-state index is -1.86. The van der Waals surface area contributed by atoms with Crippen molar-refractivity contribution in [2.75, 3.05) is 26.4 Å². The Bertz CT molecular complexity index is 272. The predicted molar refractivity (Wildman–Crippen MR) is 101 cm³/mol. The van der Waals surface area contributed by atoms with Crippen LogP contribution < -0.4 is 5.32 Å². The van der Waals surface area contributed by atoms with Gasteiger partial charge in [-0.25, -0.2) is 0 Å². The van der Waals surface area contributed by atoms with Crippen molar-refractivity contribution in [3.05, 3.63) is 0 Å². The lowest BCUT2D eigenvalue weighted by atomic mass is 10.1. The summed E-state index contributed by atoms with van der Waals surface area (Å²) in [5.74, 6) is 0. The van der Waals surface area contributed by atoms with E-state index in [0.29, 0.717) is 26.4 Å². The van der Waals surface area contributed by atoms with Gasteiger partial charge in [-0.2, -0.15) is 0 Å². The Morgan fingerprint density at radius 1 is 0.609 bits per heavy atom. The van der Waals surface area contributed by atoms with E-state index in [1.807, 2.05) is 27.7 Å². The summed E-state index contributed by atoms with van der Waals surface area (Å²) in [7, 11) is -3.72. The Kier molecular flexibility index (Phi) is 11.8. The molecule has 0 bridgehead atoms. The molecule has 0 saturated carbocycles. The highest BCUT2D eigenvalue weighted by Crippen LogP contribution is 2.25. The summed E-state index contributed by atoms with van der Waals surface area (Å²) in [5, 5.41) is 3.56. The number of rotatable bonds is 14. The Morgan fingerprint density at radius 3 is 1.04 bits per heavy atom. The van der Waals surface area contributed by atoms with Gasteiger partial charge in [-0.05, 0) is 54.4 Å². The van der Waals surface area contributed by atoms with E-state index in [2.05, 4.69) is 33.0 Å². The standard InChI is InChI=1S/C16H39NO4Si2/c1-9-15(7,22(18-11-3)19-12-4)17-16(8,10-2)23(20-13-5)21-14-6/h17,22-23H,9-14H2,1-8H3. The first-order valence-corrected chi connectivity index (χ1v) is 12.2. The van der Waals surface area contributed by atoms with Gasteiger partial charge in [-0.15, -0.1) is 0 Å². The summed E-state index contributed by atoms with van der Waals surface area (Å²) in [6.07, 6.45) is 1.91. The fraction of sp³-hybridized carbons (Fsp3) is 1.00. The minimum Gasteiger partial charge on any atom is -0.396 e. The molecule has 0 aromatic heterocycles. The zero-order valence-corrected chi connectivity index (χ0v) is 18.8. The molecule has 0 aliphatic carbocycles. The van der Waals surface area contributed by atoms with Gasteiger partial charge < -0.3 is 23.0 Å². The van der Waals surface area contributed by atoms with E-state index < -0.39 is 18.6 Å². The molecule has 5 nitrogen and oxygen atoms in total. The minimum absolute atomic E-state index is 0.157. The molecule has 0 rings (SSSR count). The molecule has 0 heterocycles. The van der Waals surface area contributed by atoms with Crippen molar-refractivity contribution in [3.63, 3.8) is 0 Å². The summed E-state index contributed by atoms with van der Waals surface area (Å²) >= 11 is 0. The third kappa shape index (κ3) is 6.93. The Labute approximate surface area is 147 Å². The first-order valence-electron chi connectivity index (χ1n) is 9.12. The van der Waals surface area contributed by atoms with Crippen LogP contribution in [0.25, 0.3) is 0 Å². The van der Waals surface area contributed by atoms with Gasteiger partial charge in [0.15, 0.2) is 0 Å². The maximum Gasteiger partial charge on any atom is 0.341 e. The molecule has 0 spiro atoms. The molecule has 0 aromatic rings. The van der Waals surface area contributed by atoms with Gasteiger partial charge in [0.2, 0.25) is 0 Å². The van der Waals surface area contributed by atoms with Gasteiger partial charge in [-0.3, -0.25) is 0 Å². The summed E-state index contributed by atoms with van der Waals surface area (Å²) in [6, 6.07) is 0. The maximum absolute atomic E-state index is 6.02. The lowest BCUT2D eigenvalue weighted by Crippen LogP contribution is -2.69. The van der Waals surface area contributed by atoms with E-state index in [1.54, 1.807) is 0 Å². The Hall–Kier alpha value is 0.234. The van der Waals surface area contributed by atoms with Crippen LogP contribution in [0.3, 0.4) is 0 Å². The van der Waals surface area contributed by atoms with Crippen molar-refractivity contribution in [1.29, 1.82) is 0 Å². The highest BCUT2D eigenvalue weighted by atomic mass is 28.3. The number of nitrogens with one attached hydrogen (secondary N) is 1. The van der Waals surface area contributed by atoms with Gasteiger partial charge >= 0.3 is 18.6 Å².